The van der Waals surface area contributed by atoms with Gasteiger partial charge in [-0.1, -0.05) is 41.9 Å². The van der Waals surface area contributed by atoms with Gasteiger partial charge in [-0.3, -0.25) is 0 Å². The molecule has 0 heterocycles. The van der Waals surface area contributed by atoms with Crippen molar-refractivity contribution in [3.05, 3.63) is 58.6 Å². The maximum Gasteiger partial charge on any atom is 0.166 e. The molecule has 0 fully saturated rings. The molecule has 0 saturated heterocycles. The Hall–Kier alpha value is -1.46. The van der Waals surface area contributed by atoms with E-state index in [4.69, 9.17) is 25.8 Å². The molecule has 138 valence electrons. The van der Waals surface area contributed by atoms with E-state index in [1.54, 1.807) is 20.3 Å². The minimum absolute atomic E-state index is 0. The number of hydrogen-bond acceptors (Lipinski definition) is 4. The molecule has 0 atom stereocenters. The first-order valence-electron chi connectivity index (χ1n) is 7.97. The van der Waals surface area contributed by atoms with Crippen LogP contribution >= 0.6 is 24.0 Å². The number of methoxy groups -OCH3 is 2. The standard InChI is InChI=1S/C19H24ClNO3.ClH/c1-22-10-6-9-21-13-16-11-17(20)12-18(23-2)19(16)24-14-15-7-4-3-5-8-15;/h3-5,7-8,11-12,21H,6,9-10,13-14H2,1-2H3;1H. The first-order chi connectivity index (χ1) is 11.7. The number of rotatable bonds is 10. The summed E-state index contributed by atoms with van der Waals surface area (Å²) in [5.41, 5.74) is 2.08. The number of ether oxygens (including phenoxy) is 3. The molecule has 1 N–H and O–H groups in total. The van der Waals surface area contributed by atoms with E-state index in [-0.39, 0.29) is 12.4 Å². The molecule has 0 unspecified atom stereocenters. The van der Waals surface area contributed by atoms with Gasteiger partial charge in [0.05, 0.1) is 7.11 Å². The van der Waals surface area contributed by atoms with E-state index in [0.717, 1.165) is 36.4 Å². The Morgan fingerprint density at radius 2 is 1.84 bits per heavy atom. The Kier molecular flexibility index (Phi) is 10.3. The van der Waals surface area contributed by atoms with Crippen molar-refractivity contribution in [3.8, 4) is 11.5 Å². The Balaban J connectivity index is 0.00000312. The van der Waals surface area contributed by atoms with Gasteiger partial charge in [0.15, 0.2) is 11.5 Å². The Morgan fingerprint density at radius 1 is 1.08 bits per heavy atom. The van der Waals surface area contributed by atoms with Gasteiger partial charge in [0, 0.05) is 36.9 Å². The second-order valence-electron chi connectivity index (χ2n) is 5.39. The van der Waals surface area contributed by atoms with Crippen molar-refractivity contribution in [1.29, 1.82) is 0 Å². The molecule has 2 rings (SSSR count). The van der Waals surface area contributed by atoms with Crippen molar-refractivity contribution in [2.24, 2.45) is 0 Å². The van der Waals surface area contributed by atoms with Gasteiger partial charge < -0.3 is 19.5 Å². The van der Waals surface area contributed by atoms with Crippen LogP contribution in [-0.2, 0) is 17.9 Å². The lowest BCUT2D eigenvalue weighted by Gasteiger charge is -2.16. The summed E-state index contributed by atoms with van der Waals surface area (Å²) in [6.07, 6.45) is 0.953. The van der Waals surface area contributed by atoms with Crippen LogP contribution in [0.25, 0.3) is 0 Å². The first-order valence-corrected chi connectivity index (χ1v) is 8.35. The second kappa shape index (κ2) is 12.0. The average Bonchev–Trinajstić information content (AvgIpc) is 2.61. The Morgan fingerprint density at radius 3 is 2.52 bits per heavy atom. The molecule has 25 heavy (non-hydrogen) atoms. The molecule has 2 aromatic carbocycles. The lowest BCUT2D eigenvalue weighted by atomic mass is 10.1. The van der Waals surface area contributed by atoms with E-state index in [1.807, 2.05) is 36.4 Å². The quantitative estimate of drug-likeness (QED) is 0.612. The summed E-state index contributed by atoms with van der Waals surface area (Å²) in [6.45, 7) is 2.74. The summed E-state index contributed by atoms with van der Waals surface area (Å²) in [4.78, 5) is 0. The van der Waals surface area contributed by atoms with Crippen molar-refractivity contribution in [1.82, 2.24) is 5.32 Å². The smallest absolute Gasteiger partial charge is 0.166 e. The van der Waals surface area contributed by atoms with E-state index in [1.165, 1.54) is 0 Å². The predicted octanol–water partition coefficient (Wildman–Crippen LogP) is 4.48. The number of nitrogens with one attached hydrogen (secondary N) is 1. The van der Waals surface area contributed by atoms with Crippen LogP contribution in [0, 0.1) is 0 Å². The fraction of sp³-hybridized carbons (Fsp3) is 0.368. The van der Waals surface area contributed by atoms with Crippen molar-refractivity contribution in [3.63, 3.8) is 0 Å². The zero-order valence-electron chi connectivity index (χ0n) is 14.6. The van der Waals surface area contributed by atoms with Gasteiger partial charge in [-0.15, -0.1) is 12.4 Å². The number of hydrogen-bond donors (Lipinski definition) is 1. The summed E-state index contributed by atoms with van der Waals surface area (Å²) in [7, 11) is 3.33. The summed E-state index contributed by atoms with van der Waals surface area (Å²) in [5.74, 6) is 1.37. The molecule has 2 aromatic rings. The maximum atomic E-state index is 6.20. The topological polar surface area (TPSA) is 39.7 Å². The molecule has 0 aliphatic rings. The molecule has 0 aliphatic heterocycles. The summed E-state index contributed by atoms with van der Waals surface area (Å²) < 4.78 is 16.5. The highest BCUT2D eigenvalue weighted by Crippen LogP contribution is 2.35. The molecule has 0 amide bonds. The maximum absolute atomic E-state index is 6.20. The van der Waals surface area contributed by atoms with E-state index in [2.05, 4.69) is 5.32 Å². The van der Waals surface area contributed by atoms with Crippen LogP contribution in [0.2, 0.25) is 5.02 Å². The molecule has 0 radical (unpaired) electrons. The van der Waals surface area contributed by atoms with Gasteiger partial charge in [-0.25, -0.2) is 0 Å². The molecule has 0 bridgehead atoms. The molecular weight excluding hydrogens is 361 g/mol. The van der Waals surface area contributed by atoms with Crippen molar-refractivity contribution in [2.75, 3.05) is 27.4 Å². The van der Waals surface area contributed by atoms with Gasteiger partial charge in [-0.2, -0.15) is 0 Å². The highest BCUT2D eigenvalue weighted by atomic mass is 35.5. The number of halogens is 2. The molecule has 0 aromatic heterocycles. The lowest BCUT2D eigenvalue weighted by molar-refractivity contribution is 0.194. The number of benzene rings is 2. The minimum Gasteiger partial charge on any atom is -0.493 e. The molecule has 6 heteroatoms. The molecular formula is C19H25Cl2NO3. The zero-order chi connectivity index (χ0) is 17.2. The van der Waals surface area contributed by atoms with Gasteiger partial charge in [-0.05, 0) is 24.6 Å². The van der Waals surface area contributed by atoms with Crippen LogP contribution in [0.5, 0.6) is 11.5 Å². The van der Waals surface area contributed by atoms with Gasteiger partial charge in [0.25, 0.3) is 0 Å². The normalized spacial score (nSPS) is 10.2. The molecule has 0 spiro atoms. The van der Waals surface area contributed by atoms with E-state index < -0.39 is 0 Å². The average molecular weight is 386 g/mol. The van der Waals surface area contributed by atoms with E-state index in [9.17, 15) is 0 Å². The van der Waals surface area contributed by atoms with Crippen LogP contribution in [-0.4, -0.2) is 27.4 Å². The van der Waals surface area contributed by atoms with Gasteiger partial charge in [0.2, 0.25) is 0 Å². The third-order valence-corrected chi connectivity index (χ3v) is 3.78. The summed E-state index contributed by atoms with van der Waals surface area (Å²) >= 11 is 6.20. The third kappa shape index (κ3) is 7.12. The van der Waals surface area contributed by atoms with Crippen LogP contribution in [0.15, 0.2) is 42.5 Å². The largest absolute Gasteiger partial charge is 0.493 e. The summed E-state index contributed by atoms with van der Waals surface area (Å²) in [6, 6.07) is 13.7. The lowest BCUT2D eigenvalue weighted by Crippen LogP contribution is -2.17. The molecule has 4 nitrogen and oxygen atoms in total. The Bertz CT molecular complexity index is 624. The second-order valence-corrected chi connectivity index (χ2v) is 5.83. The van der Waals surface area contributed by atoms with Crippen molar-refractivity contribution < 1.29 is 14.2 Å². The van der Waals surface area contributed by atoms with E-state index in [0.29, 0.717) is 23.9 Å². The molecule has 0 saturated carbocycles. The van der Waals surface area contributed by atoms with Gasteiger partial charge >= 0.3 is 0 Å². The Labute approximate surface area is 160 Å². The molecule has 0 aliphatic carbocycles. The van der Waals surface area contributed by atoms with Gasteiger partial charge in [0.1, 0.15) is 6.61 Å². The first kappa shape index (κ1) is 21.6. The highest BCUT2D eigenvalue weighted by molar-refractivity contribution is 6.30. The monoisotopic (exact) mass is 385 g/mol. The zero-order valence-corrected chi connectivity index (χ0v) is 16.2. The third-order valence-electron chi connectivity index (χ3n) is 3.56. The predicted molar refractivity (Wildman–Crippen MR) is 104 cm³/mol. The van der Waals surface area contributed by atoms with Crippen LogP contribution in [0.4, 0.5) is 0 Å². The van der Waals surface area contributed by atoms with Crippen LogP contribution in [0.3, 0.4) is 0 Å². The summed E-state index contributed by atoms with van der Waals surface area (Å²) in [5, 5.41) is 4.01. The van der Waals surface area contributed by atoms with Crippen LogP contribution in [0.1, 0.15) is 17.5 Å². The minimum atomic E-state index is 0. The fourth-order valence-corrected chi connectivity index (χ4v) is 2.59. The highest BCUT2D eigenvalue weighted by Gasteiger charge is 2.13. The van der Waals surface area contributed by atoms with Crippen LogP contribution < -0.4 is 14.8 Å². The fourth-order valence-electron chi connectivity index (χ4n) is 2.36. The van der Waals surface area contributed by atoms with Crippen molar-refractivity contribution >= 4 is 24.0 Å². The van der Waals surface area contributed by atoms with E-state index >= 15 is 0 Å². The SMILES string of the molecule is COCCCNCc1cc(Cl)cc(OC)c1OCc1ccccc1.Cl. The van der Waals surface area contributed by atoms with Crippen molar-refractivity contribution in [2.45, 2.75) is 19.6 Å².